The summed E-state index contributed by atoms with van der Waals surface area (Å²) in [7, 11) is 3.64. The number of benzene rings is 1. The lowest BCUT2D eigenvalue weighted by Crippen LogP contribution is -2.24. The summed E-state index contributed by atoms with van der Waals surface area (Å²) < 4.78 is 34.1. The second-order valence-corrected chi connectivity index (χ2v) is 6.95. The molecule has 0 aromatic heterocycles. The highest BCUT2D eigenvalue weighted by atomic mass is 31.2. The fourth-order valence-electron chi connectivity index (χ4n) is 1.36. The molecule has 1 aromatic rings. The third kappa shape index (κ3) is 3.06. The number of nitrogens with zero attached hydrogens (tertiary/aromatic N) is 2. The number of halogens is 1. The standard InChI is InChI=1S/C11H18FN2O2P/c1-9-8-10(12)6-7-11(9)16-17(15,13(2)3)14(4)5/h6-8H,1-5H3. The Morgan fingerprint density at radius 1 is 1.18 bits per heavy atom. The third-order valence-corrected chi connectivity index (χ3v) is 4.82. The van der Waals surface area contributed by atoms with E-state index in [1.54, 1.807) is 35.1 Å². The maximum absolute atomic E-state index is 13.0. The van der Waals surface area contributed by atoms with Crippen molar-refractivity contribution in [2.45, 2.75) is 6.92 Å². The Morgan fingerprint density at radius 2 is 1.71 bits per heavy atom. The van der Waals surface area contributed by atoms with Crippen LogP contribution in [0.15, 0.2) is 18.2 Å². The molecular weight excluding hydrogens is 242 g/mol. The van der Waals surface area contributed by atoms with Crippen LogP contribution in [0.1, 0.15) is 5.56 Å². The van der Waals surface area contributed by atoms with E-state index in [1.807, 2.05) is 0 Å². The number of hydrogen-bond acceptors (Lipinski definition) is 2. The molecule has 6 heteroatoms. The van der Waals surface area contributed by atoms with Crippen molar-refractivity contribution in [2.75, 3.05) is 28.2 Å². The first-order chi connectivity index (χ1) is 7.77. The highest BCUT2D eigenvalue weighted by molar-refractivity contribution is 7.54. The highest BCUT2D eigenvalue weighted by Gasteiger charge is 2.31. The molecule has 0 unspecified atom stereocenters. The summed E-state index contributed by atoms with van der Waals surface area (Å²) in [5.74, 6) is 0.0940. The molecule has 0 bridgehead atoms. The van der Waals surface area contributed by atoms with Gasteiger partial charge in [-0.05, 0) is 58.9 Å². The van der Waals surface area contributed by atoms with Crippen LogP contribution in [0.4, 0.5) is 4.39 Å². The Balaban J connectivity index is 3.07. The van der Waals surface area contributed by atoms with Crippen LogP contribution < -0.4 is 4.52 Å². The van der Waals surface area contributed by atoms with Gasteiger partial charge in [0.25, 0.3) is 0 Å². The van der Waals surface area contributed by atoms with Crippen LogP contribution >= 0.6 is 7.67 Å². The van der Waals surface area contributed by atoms with E-state index in [4.69, 9.17) is 4.52 Å². The lowest BCUT2D eigenvalue weighted by Gasteiger charge is -2.30. The molecule has 0 aliphatic carbocycles. The minimum atomic E-state index is -3.08. The largest absolute Gasteiger partial charge is 0.422 e. The molecule has 0 spiro atoms. The van der Waals surface area contributed by atoms with Crippen LogP contribution in [-0.4, -0.2) is 37.5 Å². The Labute approximate surface area is 102 Å². The second kappa shape index (κ2) is 5.17. The normalized spacial score (nSPS) is 12.2. The van der Waals surface area contributed by atoms with E-state index in [9.17, 15) is 8.96 Å². The molecule has 0 saturated heterocycles. The van der Waals surface area contributed by atoms with Gasteiger partial charge in [0, 0.05) is 0 Å². The van der Waals surface area contributed by atoms with E-state index in [0.717, 1.165) is 0 Å². The monoisotopic (exact) mass is 260 g/mol. The molecule has 1 aromatic carbocycles. The first-order valence-corrected chi connectivity index (χ1v) is 6.72. The molecule has 0 amide bonds. The molecule has 0 N–H and O–H groups in total. The van der Waals surface area contributed by atoms with E-state index < -0.39 is 7.67 Å². The maximum Gasteiger partial charge on any atom is 0.394 e. The Bertz CT molecular complexity index is 437. The minimum absolute atomic E-state index is 0.334. The molecule has 0 aliphatic heterocycles. The molecule has 0 fully saturated rings. The van der Waals surface area contributed by atoms with Gasteiger partial charge in [-0.25, -0.2) is 18.3 Å². The molecule has 1 rings (SSSR count). The summed E-state index contributed by atoms with van der Waals surface area (Å²) >= 11 is 0. The SMILES string of the molecule is Cc1cc(F)ccc1OP(=O)(N(C)C)N(C)C. The zero-order valence-electron chi connectivity index (χ0n) is 10.8. The first-order valence-electron chi connectivity index (χ1n) is 5.19. The molecule has 96 valence electrons. The van der Waals surface area contributed by atoms with E-state index in [1.165, 1.54) is 27.5 Å². The average Bonchev–Trinajstić information content (AvgIpc) is 2.21. The van der Waals surface area contributed by atoms with Gasteiger partial charge in [0.1, 0.15) is 11.6 Å². The van der Waals surface area contributed by atoms with E-state index in [2.05, 4.69) is 0 Å². The Kier molecular flexibility index (Phi) is 4.31. The smallest absolute Gasteiger partial charge is 0.394 e. The van der Waals surface area contributed by atoms with E-state index in [0.29, 0.717) is 11.3 Å². The molecule has 4 nitrogen and oxygen atoms in total. The summed E-state index contributed by atoms with van der Waals surface area (Å²) in [4.78, 5) is 0. The minimum Gasteiger partial charge on any atom is -0.422 e. The molecule has 0 aliphatic rings. The van der Waals surface area contributed by atoms with Gasteiger partial charge in [0.15, 0.2) is 0 Å². The van der Waals surface area contributed by atoms with Gasteiger partial charge in [0.05, 0.1) is 0 Å². The van der Waals surface area contributed by atoms with Crippen molar-refractivity contribution in [1.29, 1.82) is 0 Å². The summed E-state index contributed by atoms with van der Waals surface area (Å²) in [6, 6.07) is 4.13. The highest BCUT2D eigenvalue weighted by Crippen LogP contribution is 2.50. The third-order valence-electron chi connectivity index (χ3n) is 2.37. The summed E-state index contributed by atoms with van der Waals surface area (Å²) in [5.41, 5.74) is 0.619. The van der Waals surface area contributed by atoms with Crippen LogP contribution in [-0.2, 0) is 4.57 Å². The van der Waals surface area contributed by atoms with Gasteiger partial charge in [-0.1, -0.05) is 0 Å². The maximum atomic E-state index is 13.0. The molecular formula is C11H18FN2O2P. The number of hydrogen-bond donors (Lipinski definition) is 0. The van der Waals surface area contributed by atoms with Crippen LogP contribution in [0.5, 0.6) is 5.75 Å². The van der Waals surface area contributed by atoms with Crippen molar-refractivity contribution in [3.05, 3.63) is 29.6 Å². The summed E-state index contributed by atoms with van der Waals surface area (Å²) in [5, 5.41) is 0. The quantitative estimate of drug-likeness (QED) is 0.779. The molecule has 0 heterocycles. The predicted molar refractivity (Wildman–Crippen MR) is 66.7 cm³/mol. The Hall–Kier alpha value is -0.900. The molecule has 0 atom stereocenters. The van der Waals surface area contributed by atoms with Crippen LogP contribution in [0, 0.1) is 12.7 Å². The molecule has 17 heavy (non-hydrogen) atoms. The summed E-state index contributed by atoms with van der Waals surface area (Å²) in [6.07, 6.45) is 0. The van der Waals surface area contributed by atoms with Gasteiger partial charge < -0.3 is 4.52 Å². The van der Waals surface area contributed by atoms with Gasteiger partial charge in [-0.3, -0.25) is 0 Å². The topological polar surface area (TPSA) is 32.8 Å². The second-order valence-electron chi connectivity index (χ2n) is 4.19. The van der Waals surface area contributed by atoms with Gasteiger partial charge >= 0.3 is 7.67 Å². The molecule has 0 radical (unpaired) electrons. The van der Waals surface area contributed by atoms with Gasteiger partial charge in [-0.15, -0.1) is 0 Å². The number of rotatable bonds is 4. The summed E-state index contributed by atoms with van der Waals surface area (Å²) in [6.45, 7) is 1.72. The van der Waals surface area contributed by atoms with Crippen LogP contribution in [0.3, 0.4) is 0 Å². The van der Waals surface area contributed by atoms with Crippen molar-refractivity contribution in [3.63, 3.8) is 0 Å². The van der Waals surface area contributed by atoms with Crippen LogP contribution in [0.25, 0.3) is 0 Å². The average molecular weight is 260 g/mol. The van der Waals surface area contributed by atoms with Gasteiger partial charge in [0.2, 0.25) is 0 Å². The predicted octanol–water partition coefficient (Wildman–Crippen LogP) is 2.74. The van der Waals surface area contributed by atoms with Crippen molar-refractivity contribution in [2.24, 2.45) is 0 Å². The fourth-order valence-corrected chi connectivity index (χ4v) is 2.87. The zero-order valence-corrected chi connectivity index (χ0v) is 11.7. The van der Waals surface area contributed by atoms with Crippen LogP contribution in [0.2, 0.25) is 0 Å². The van der Waals surface area contributed by atoms with Crippen molar-refractivity contribution >= 4 is 7.67 Å². The van der Waals surface area contributed by atoms with Crippen molar-refractivity contribution in [1.82, 2.24) is 9.34 Å². The lowest BCUT2D eigenvalue weighted by molar-refractivity contribution is 0.352. The number of aryl methyl sites for hydroxylation is 1. The van der Waals surface area contributed by atoms with Gasteiger partial charge in [-0.2, -0.15) is 0 Å². The van der Waals surface area contributed by atoms with E-state index in [-0.39, 0.29) is 5.82 Å². The van der Waals surface area contributed by atoms with E-state index >= 15 is 0 Å². The Morgan fingerprint density at radius 3 is 2.12 bits per heavy atom. The zero-order chi connectivity index (χ0) is 13.2. The van der Waals surface area contributed by atoms with Crippen molar-refractivity contribution < 1.29 is 13.5 Å². The first kappa shape index (κ1) is 14.2. The van der Waals surface area contributed by atoms with Crippen molar-refractivity contribution in [3.8, 4) is 5.75 Å². The lowest BCUT2D eigenvalue weighted by atomic mass is 10.2. The fraction of sp³-hybridized carbons (Fsp3) is 0.455. The molecule has 0 saturated carbocycles.